The summed E-state index contributed by atoms with van der Waals surface area (Å²) in [6.45, 7) is 6.78. The third-order valence-electron chi connectivity index (χ3n) is 3.03. The molecule has 0 bridgehead atoms. The first-order valence-corrected chi connectivity index (χ1v) is 6.81. The van der Waals surface area contributed by atoms with Crippen molar-refractivity contribution in [1.29, 1.82) is 0 Å². The lowest BCUT2D eigenvalue weighted by Crippen LogP contribution is -2.28. The fraction of sp³-hybridized carbons (Fsp3) is 0.600. The number of benzene rings is 1. The number of ether oxygens (including phenoxy) is 2. The molecule has 0 aliphatic carbocycles. The van der Waals surface area contributed by atoms with E-state index >= 15 is 0 Å². The molecule has 18 heavy (non-hydrogen) atoms. The van der Waals surface area contributed by atoms with E-state index in [4.69, 9.17) is 9.47 Å². The smallest absolute Gasteiger partial charge is 0.122 e. The molecule has 3 nitrogen and oxygen atoms in total. The van der Waals surface area contributed by atoms with Gasteiger partial charge in [-0.15, -0.1) is 0 Å². The molecule has 1 atom stereocenters. The van der Waals surface area contributed by atoms with Crippen LogP contribution in [0.2, 0.25) is 0 Å². The van der Waals surface area contributed by atoms with Crippen LogP contribution in [0, 0.1) is 0 Å². The third-order valence-corrected chi connectivity index (χ3v) is 3.03. The van der Waals surface area contributed by atoms with Crippen LogP contribution in [0.15, 0.2) is 24.3 Å². The second-order valence-corrected chi connectivity index (χ2v) is 5.14. The second kappa shape index (κ2) is 6.76. The molecule has 1 saturated heterocycles. The van der Waals surface area contributed by atoms with Crippen LogP contribution in [-0.4, -0.2) is 25.4 Å². The highest BCUT2D eigenvalue weighted by Gasteiger charge is 2.15. The van der Waals surface area contributed by atoms with E-state index in [1.807, 2.05) is 6.07 Å². The van der Waals surface area contributed by atoms with Gasteiger partial charge in [-0.2, -0.15) is 0 Å². The maximum absolute atomic E-state index is 5.95. The first-order chi connectivity index (χ1) is 8.74. The fourth-order valence-electron chi connectivity index (χ4n) is 2.05. The first-order valence-electron chi connectivity index (χ1n) is 6.81. The van der Waals surface area contributed by atoms with Gasteiger partial charge in [-0.05, 0) is 30.5 Å². The van der Waals surface area contributed by atoms with E-state index in [1.54, 1.807) is 0 Å². The highest BCUT2D eigenvalue weighted by molar-refractivity contribution is 5.28. The van der Waals surface area contributed by atoms with Crippen molar-refractivity contribution in [3.05, 3.63) is 29.8 Å². The van der Waals surface area contributed by atoms with Gasteiger partial charge in [-0.1, -0.05) is 26.0 Å². The second-order valence-electron chi connectivity index (χ2n) is 5.14. The normalized spacial score (nSPS) is 20.1. The standard InChI is InChI=1S/C15H23NO2/c1-12(2)16-10-13-5-3-6-14(9-13)18-15-7-4-8-17-11-15/h3,5-6,9,12,15-16H,4,7-8,10-11H2,1-2H3. The number of rotatable bonds is 5. The zero-order chi connectivity index (χ0) is 12.8. The van der Waals surface area contributed by atoms with E-state index in [-0.39, 0.29) is 6.10 Å². The summed E-state index contributed by atoms with van der Waals surface area (Å²) in [5.74, 6) is 0.952. The van der Waals surface area contributed by atoms with Crippen LogP contribution >= 0.6 is 0 Å². The van der Waals surface area contributed by atoms with Crippen LogP contribution in [0.4, 0.5) is 0 Å². The average molecular weight is 249 g/mol. The maximum Gasteiger partial charge on any atom is 0.122 e. The molecule has 1 aromatic rings. The van der Waals surface area contributed by atoms with Crippen molar-refractivity contribution < 1.29 is 9.47 Å². The first kappa shape index (κ1) is 13.4. The monoisotopic (exact) mass is 249 g/mol. The van der Waals surface area contributed by atoms with Gasteiger partial charge in [0.15, 0.2) is 0 Å². The molecule has 1 aromatic carbocycles. The van der Waals surface area contributed by atoms with Crippen LogP contribution in [0.3, 0.4) is 0 Å². The summed E-state index contributed by atoms with van der Waals surface area (Å²) in [7, 11) is 0. The summed E-state index contributed by atoms with van der Waals surface area (Å²) in [6, 6.07) is 8.81. The van der Waals surface area contributed by atoms with E-state index < -0.39 is 0 Å². The molecule has 1 N–H and O–H groups in total. The lowest BCUT2D eigenvalue weighted by molar-refractivity contribution is 0.00740. The molecule has 0 aromatic heterocycles. The van der Waals surface area contributed by atoms with Crippen LogP contribution in [0.1, 0.15) is 32.3 Å². The van der Waals surface area contributed by atoms with E-state index in [0.717, 1.165) is 31.7 Å². The minimum Gasteiger partial charge on any atom is -0.488 e. The van der Waals surface area contributed by atoms with Gasteiger partial charge in [0.05, 0.1) is 6.61 Å². The summed E-state index contributed by atoms with van der Waals surface area (Å²) in [4.78, 5) is 0. The SMILES string of the molecule is CC(C)NCc1cccc(OC2CCCOC2)c1. The van der Waals surface area contributed by atoms with Crippen molar-refractivity contribution >= 4 is 0 Å². The Bertz CT molecular complexity index is 359. The predicted molar refractivity (Wildman–Crippen MR) is 72.9 cm³/mol. The Morgan fingerprint density at radius 3 is 3.06 bits per heavy atom. The van der Waals surface area contributed by atoms with Gasteiger partial charge in [0, 0.05) is 19.2 Å². The molecule has 0 spiro atoms. The molecule has 0 saturated carbocycles. The van der Waals surface area contributed by atoms with Gasteiger partial charge in [-0.25, -0.2) is 0 Å². The lowest BCUT2D eigenvalue weighted by Gasteiger charge is -2.23. The van der Waals surface area contributed by atoms with Gasteiger partial charge in [0.2, 0.25) is 0 Å². The van der Waals surface area contributed by atoms with Gasteiger partial charge in [0.1, 0.15) is 11.9 Å². The zero-order valence-corrected chi connectivity index (χ0v) is 11.3. The van der Waals surface area contributed by atoms with Gasteiger partial charge in [-0.3, -0.25) is 0 Å². The van der Waals surface area contributed by atoms with Crippen LogP contribution in [0.25, 0.3) is 0 Å². The molecular formula is C15H23NO2. The molecule has 100 valence electrons. The Hall–Kier alpha value is -1.06. The largest absolute Gasteiger partial charge is 0.488 e. The lowest BCUT2D eigenvalue weighted by atomic mass is 10.1. The minimum absolute atomic E-state index is 0.215. The van der Waals surface area contributed by atoms with Crippen molar-refractivity contribution in [1.82, 2.24) is 5.32 Å². The molecule has 3 heteroatoms. The molecule has 1 unspecified atom stereocenters. The summed E-state index contributed by atoms with van der Waals surface area (Å²) in [5, 5.41) is 3.41. The molecule has 1 heterocycles. The van der Waals surface area contributed by atoms with E-state index in [9.17, 15) is 0 Å². The quantitative estimate of drug-likeness (QED) is 0.870. The molecule has 2 rings (SSSR count). The molecule has 0 amide bonds. The summed E-state index contributed by atoms with van der Waals surface area (Å²) < 4.78 is 11.4. The Morgan fingerprint density at radius 1 is 1.44 bits per heavy atom. The van der Waals surface area contributed by atoms with Crippen LogP contribution < -0.4 is 10.1 Å². The number of nitrogens with one attached hydrogen (secondary N) is 1. The highest BCUT2D eigenvalue weighted by atomic mass is 16.5. The Kier molecular flexibility index (Phi) is 5.02. The zero-order valence-electron chi connectivity index (χ0n) is 11.3. The molecule has 1 fully saturated rings. The average Bonchev–Trinajstić information content (AvgIpc) is 2.38. The van der Waals surface area contributed by atoms with Crippen molar-refractivity contribution in [2.24, 2.45) is 0 Å². The third kappa shape index (κ3) is 4.31. The van der Waals surface area contributed by atoms with Crippen molar-refractivity contribution in [3.8, 4) is 5.75 Å². The summed E-state index contributed by atoms with van der Waals surface area (Å²) in [6.07, 6.45) is 2.40. The van der Waals surface area contributed by atoms with Crippen molar-refractivity contribution in [2.75, 3.05) is 13.2 Å². The van der Waals surface area contributed by atoms with Crippen LogP contribution in [0.5, 0.6) is 5.75 Å². The topological polar surface area (TPSA) is 30.5 Å². The predicted octanol–water partition coefficient (Wildman–Crippen LogP) is 2.74. The minimum atomic E-state index is 0.215. The highest BCUT2D eigenvalue weighted by Crippen LogP contribution is 2.18. The summed E-state index contributed by atoms with van der Waals surface area (Å²) in [5.41, 5.74) is 1.26. The van der Waals surface area contributed by atoms with E-state index in [1.165, 1.54) is 5.56 Å². The van der Waals surface area contributed by atoms with Gasteiger partial charge < -0.3 is 14.8 Å². The van der Waals surface area contributed by atoms with E-state index in [2.05, 4.69) is 37.4 Å². The van der Waals surface area contributed by atoms with E-state index in [0.29, 0.717) is 12.6 Å². The molecular weight excluding hydrogens is 226 g/mol. The van der Waals surface area contributed by atoms with Gasteiger partial charge in [0.25, 0.3) is 0 Å². The Labute approximate surface area is 109 Å². The molecule has 1 aliphatic heterocycles. The van der Waals surface area contributed by atoms with Crippen molar-refractivity contribution in [2.45, 2.75) is 45.4 Å². The number of hydrogen-bond donors (Lipinski definition) is 1. The van der Waals surface area contributed by atoms with Crippen molar-refractivity contribution in [3.63, 3.8) is 0 Å². The molecule has 1 aliphatic rings. The fourth-order valence-corrected chi connectivity index (χ4v) is 2.05. The van der Waals surface area contributed by atoms with Gasteiger partial charge >= 0.3 is 0 Å². The maximum atomic E-state index is 5.95. The Balaban J connectivity index is 1.89. The Morgan fingerprint density at radius 2 is 2.33 bits per heavy atom. The van der Waals surface area contributed by atoms with Crippen LogP contribution in [-0.2, 0) is 11.3 Å². The molecule has 0 radical (unpaired) electrons. The summed E-state index contributed by atoms with van der Waals surface area (Å²) >= 11 is 0. The number of hydrogen-bond acceptors (Lipinski definition) is 3.